The highest BCUT2D eigenvalue weighted by Crippen LogP contribution is 2.35. The Morgan fingerprint density at radius 1 is 1.15 bits per heavy atom. The molecule has 0 saturated heterocycles. The quantitative estimate of drug-likeness (QED) is 0.292. The standard InChI is InChI=1S/C25H18ClFN4O2/c1-13-18(27)11-20-22(29-13)21(17-7-5-9-28-25(17)33)23(14(2)32)31(20)12-16-10-15-6-3-4-8-19(15)30-24(16)26/h3-11H,12H2,1-2H3,(H,28,33). The Morgan fingerprint density at radius 2 is 1.94 bits per heavy atom. The molecule has 0 aliphatic heterocycles. The largest absolute Gasteiger partial charge is 0.332 e. The molecular weight excluding hydrogens is 443 g/mol. The number of rotatable bonds is 4. The summed E-state index contributed by atoms with van der Waals surface area (Å²) in [6.07, 6.45) is 1.51. The molecule has 33 heavy (non-hydrogen) atoms. The molecular formula is C25H18ClFN4O2. The van der Waals surface area contributed by atoms with Gasteiger partial charge in [0.05, 0.1) is 40.0 Å². The van der Waals surface area contributed by atoms with E-state index in [0.29, 0.717) is 22.2 Å². The van der Waals surface area contributed by atoms with Gasteiger partial charge in [0, 0.05) is 35.7 Å². The maximum absolute atomic E-state index is 14.6. The van der Waals surface area contributed by atoms with E-state index in [0.717, 1.165) is 10.9 Å². The molecule has 5 rings (SSSR count). The van der Waals surface area contributed by atoms with Crippen molar-refractivity contribution in [3.05, 3.63) is 93.0 Å². The molecule has 164 valence electrons. The molecule has 0 aliphatic rings. The third-order valence-corrected chi connectivity index (χ3v) is 5.99. The van der Waals surface area contributed by atoms with E-state index >= 15 is 0 Å². The second kappa shape index (κ2) is 7.94. The van der Waals surface area contributed by atoms with Gasteiger partial charge in [-0.05, 0) is 31.2 Å². The number of hydrogen-bond donors (Lipinski definition) is 1. The summed E-state index contributed by atoms with van der Waals surface area (Å²) >= 11 is 6.49. The summed E-state index contributed by atoms with van der Waals surface area (Å²) in [7, 11) is 0. The van der Waals surface area contributed by atoms with Crippen molar-refractivity contribution in [1.82, 2.24) is 19.5 Å². The lowest BCUT2D eigenvalue weighted by atomic mass is 10.0. The predicted octanol–water partition coefficient (Wildman–Crippen LogP) is 5.29. The molecule has 4 aromatic heterocycles. The summed E-state index contributed by atoms with van der Waals surface area (Å²) < 4.78 is 16.3. The van der Waals surface area contributed by atoms with E-state index in [4.69, 9.17) is 11.6 Å². The van der Waals surface area contributed by atoms with Crippen molar-refractivity contribution in [1.29, 1.82) is 0 Å². The number of aryl methyl sites for hydroxylation is 1. The van der Waals surface area contributed by atoms with Crippen molar-refractivity contribution in [2.45, 2.75) is 20.4 Å². The summed E-state index contributed by atoms with van der Waals surface area (Å²) in [6, 6.07) is 14.1. The molecule has 0 bridgehead atoms. The Balaban J connectivity index is 1.84. The van der Waals surface area contributed by atoms with Gasteiger partial charge in [0.25, 0.3) is 5.56 Å². The third kappa shape index (κ3) is 3.50. The molecule has 0 aliphatic carbocycles. The van der Waals surface area contributed by atoms with E-state index in [-0.39, 0.29) is 40.0 Å². The third-order valence-electron chi connectivity index (χ3n) is 5.67. The van der Waals surface area contributed by atoms with Crippen molar-refractivity contribution in [3.63, 3.8) is 0 Å². The molecule has 0 fully saturated rings. The molecule has 0 radical (unpaired) electrons. The first-order chi connectivity index (χ1) is 15.8. The maximum atomic E-state index is 14.6. The van der Waals surface area contributed by atoms with Crippen LogP contribution in [0.4, 0.5) is 4.39 Å². The first-order valence-electron chi connectivity index (χ1n) is 10.3. The van der Waals surface area contributed by atoms with Crippen molar-refractivity contribution in [2.24, 2.45) is 0 Å². The van der Waals surface area contributed by atoms with E-state index in [2.05, 4.69) is 15.0 Å². The zero-order chi connectivity index (χ0) is 23.3. The Labute approximate surface area is 192 Å². The van der Waals surface area contributed by atoms with Gasteiger partial charge in [-0.3, -0.25) is 9.59 Å². The van der Waals surface area contributed by atoms with Gasteiger partial charge in [-0.2, -0.15) is 0 Å². The number of Topliss-reactive ketones (excluding diaryl/α,β-unsaturated/α-hetero) is 1. The zero-order valence-electron chi connectivity index (χ0n) is 17.8. The van der Waals surface area contributed by atoms with Gasteiger partial charge in [-0.15, -0.1) is 0 Å². The summed E-state index contributed by atoms with van der Waals surface area (Å²) in [5, 5.41) is 1.17. The molecule has 6 nitrogen and oxygen atoms in total. The number of para-hydroxylation sites is 1. The number of carbonyl (C=O) groups is 1. The number of nitrogens with zero attached hydrogens (tertiary/aromatic N) is 3. The maximum Gasteiger partial charge on any atom is 0.255 e. The number of nitrogens with one attached hydrogen (secondary N) is 1. The topological polar surface area (TPSA) is 80.6 Å². The number of hydrogen-bond acceptors (Lipinski definition) is 4. The number of H-pyrrole nitrogens is 1. The van der Waals surface area contributed by atoms with Crippen LogP contribution >= 0.6 is 11.6 Å². The molecule has 5 aromatic rings. The average Bonchev–Trinajstić information content (AvgIpc) is 3.08. The Hall–Kier alpha value is -3.84. The van der Waals surface area contributed by atoms with Gasteiger partial charge in [0.15, 0.2) is 5.78 Å². The van der Waals surface area contributed by atoms with Crippen LogP contribution in [-0.4, -0.2) is 25.3 Å². The van der Waals surface area contributed by atoms with E-state index in [9.17, 15) is 14.0 Å². The monoisotopic (exact) mass is 460 g/mol. The fraction of sp³-hybridized carbons (Fsp3) is 0.120. The second-order valence-electron chi connectivity index (χ2n) is 7.83. The van der Waals surface area contributed by atoms with Crippen LogP contribution in [0.5, 0.6) is 0 Å². The van der Waals surface area contributed by atoms with Gasteiger partial charge in [-0.25, -0.2) is 14.4 Å². The van der Waals surface area contributed by atoms with Crippen LogP contribution in [-0.2, 0) is 6.54 Å². The molecule has 8 heteroatoms. The van der Waals surface area contributed by atoms with E-state index in [1.54, 1.807) is 23.6 Å². The zero-order valence-corrected chi connectivity index (χ0v) is 18.6. The molecule has 0 atom stereocenters. The van der Waals surface area contributed by atoms with Gasteiger partial charge in [0.1, 0.15) is 11.0 Å². The number of fused-ring (bicyclic) bond motifs is 2. The van der Waals surface area contributed by atoms with Crippen LogP contribution in [0.1, 0.15) is 28.7 Å². The summed E-state index contributed by atoms with van der Waals surface area (Å²) in [4.78, 5) is 37.1. The smallest absolute Gasteiger partial charge is 0.255 e. The number of carbonyl (C=O) groups excluding carboxylic acids is 1. The van der Waals surface area contributed by atoms with E-state index in [1.807, 2.05) is 30.3 Å². The molecule has 0 unspecified atom stereocenters. The molecule has 4 heterocycles. The Kier molecular flexibility index (Phi) is 5.06. The molecule has 0 saturated carbocycles. The lowest BCUT2D eigenvalue weighted by molar-refractivity contribution is 0.101. The van der Waals surface area contributed by atoms with Crippen molar-refractivity contribution < 1.29 is 9.18 Å². The van der Waals surface area contributed by atoms with E-state index in [1.165, 1.54) is 19.2 Å². The van der Waals surface area contributed by atoms with Crippen molar-refractivity contribution in [3.8, 4) is 11.1 Å². The second-order valence-corrected chi connectivity index (χ2v) is 8.19. The Morgan fingerprint density at radius 3 is 2.70 bits per heavy atom. The van der Waals surface area contributed by atoms with Crippen LogP contribution in [0.15, 0.2) is 59.5 Å². The van der Waals surface area contributed by atoms with Crippen LogP contribution in [0, 0.1) is 12.7 Å². The SMILES string of the molecule is CC(=O)c1c(-c2ccc[nH]c2=O)c2nc(C)c(F)cc2n1Cc1cc2ccccc2nc1Cl. The number of ketones is 1. The molecule has 0 amide bonds. The highest BCUT2D eigenvalue weighted by Gasteiger charge is 2.26. The molecule has 0 spiro atoms. The fourth-order valence-corrected chi connectivity index (χ4v) is 4.36. The normalized spacial score (nSPS) is 11.4. The van der Waals surface area contributed by atoms with Crippen LogP contribution in [0.3, 0.4) is 0 Å². The van der Waals surface area contributed by atoms with Crippen molar-refractivity contribution >= 4 is 39.3 Å². The lowest BCUT2D eigenvalue weighted by Crippen LogP contribution is -2.12. The van der Waals surface area contributed by atoms with Crippen LogP contribution in [0.25, 0.3) is 33.1 Å². The Bertz CT molecular complexity index is 1640. The number of pyridine rings is 3. The van der Waals surface area contributed by atoms with Gasteiger partial charge < -0.3 is 9.55 Å². The van der Waals surface area contributed by atoms with Gasteiger partial charge in [0.2, 0.25) is 0 Å². The summed E-state index contributed by atoms with van der Waals surface area (Å²) in [5.41, 5.74) is 2.89. The highest BCUT2D eigenvalue weighted by atomic mass is 35.5. The van der Waals surface area contributed by atoms with Gasteiger partial charge in [-0.1, -0.05) is 29.8 Å². The highest BCUT2D eigenvalue weighted by molar-refractivity contribution is 6.30. The number of aromatic amines is 1. The minimum atomic E-state index is -0.507. The number of aromatic nitrogens is 4. The minimum Gasteiger partial charge on any atom is -0.332 e. The van der Waals surface area contributed by atoms with Crippen LogP contribution < -0.4 is 5.56 Å². The minimum absolute atomic E-state index is 0.150. The summed E-state index contributed by atoms with van der Waals surface area (Å²) in [6.45, 7) is 3.11. The fourth-order valence-electron chi connectivity index (χ4n) is 4.15. The lowest BCUT2D eigenvalue weighted by Gasteiger charge is -2.12. The predicted molar refractivity (Wildman–Crippen MR) is 126 cm³/mol. The van der Waals surface area contributed by atoms with E-state index < -0.39 is 5.82 Å². The van der Waals surface area contributed by atoms with Crippen LogP contribution in [0.2, 0.25) is 5.15 Å². The first kappa shape index (κ1) is 21.0. The average molecular weight is 461 g/mol. The first-order valence-corrected chi connectivity index (χ1v) is 10.7. The molecule has 1 N–H and O–H groups in total. The summed E-state index contributed by atoms with van der Waals surface area (Å²) in [5.74, 6) is -0.790. The van der Waals surface area contributed by atoms with Crippen molar-refractivity contribution in [2.75, 3.05) is 0 Å². The number of benzene rings is 1. The molecule has 1 aromatic carbocycles. The number of halogens is 2. The van der Waals surface area contributed by atoms with Gasteiger partial charge >= 0.3 is 0 Å².